The Labute approximate surface area is 180 Å². The maximum atomic E-state index is 13.0. The minimum atomic E-state index is -0.790. The number of anilines is 1. The zero-order valence-electron chi connectivity index (χ0n) is 17.7. The summed E-state index contributed by atoms with van der Waals surface area (Å²) in [5.41, 5.74) is 11.7. The molecule has 2 fully saturated rings. The first-order valence-corrected chi connectivity index (χ1v) is 10.6. The second kappa shape index (κ2) is 8.14. The van der Waals surface area contributed by atoms with Gasteiger partial charge in [0.25, 0.3) is 11.6 Å². The van der Waals surface area contributed by atoms with Gasteiger partial charge in [0.05, 0.1) is 4.92 Å². The highest BCUT2D eigenvalue weighted by atomic mass is 16.6. The van der Waals surface area contributed by atoms with Crippen LogP contribution in [0.5, 0.6) is 0 Å². The van der Waals surface area contributed by atoms with Crippen LogP contribution < -0.4 is 16.4 Å². The molecule has 3 aliphatic rings. The Bertz CT molecular complexity index is 946. The SMILES string of the molecule is CN1CCN(C(=O)c2ccc(N3C(N)=NC(N)=NC34CCCCC4)c([N+](=O)[O-])c2)CC1. The van der Waals surface area contributed by atoms with E-state index in [4.69, 9.17) is 11.5 Å². The van der Waals surface area contributed by atoms with Gasteiger partial charge in [0, 0.05) is 37.8 Å². The molecule has 0 bridgehead atoms. The third kappa shape index (κ3) is 3.92. The van der Waals surface area contributed by atoms with Gasteiger partial charge in [0.2, 0.25) is 11.9 Å². The van der Waals surface area contributed by atoms with E-state index in [1.165, 1.54) is 6.07 Å². The number of benzene rings is 1. The van der Waals surface area contributed by atoms with Crippen molar-refractivity contribution < 1.29 is 9.72 Å². The first-order chi connectivity index (χ1) is 14.8. The zero-order chi connectivity index (χ0) is 22.2. The lowest BCUT2D eigenvalue weighted by atomic mass is 9.87. The van der Waals surface area contributed by atoms with Crippen LogP contribution >= 0.6 is 0 Å². The number of nitrogens with zero attached hydrogens (tertiary/aromatic N) is 6. The number of hydrogen-bond acceptors (Lipinski definition) is 9. The molecule has 4 N–H and O–H groups in total. The number of piperazine rings is 1. The quantitative estimate of drug-likeness (QED) is 0.541. The van der Waals surface area contributed by atoms with E-state index in [9.17, 15) is 14.9 Å². The lowest BCUT2D eigenvalue weighted by molar-refractivity contribution is -0.384. The number of guanidine groups is 2. The zero-order valence-corrected chi connectivity index (χ0v) is 17.7. The van der Waals surface area contributed by atoms with Crippen molar-refractivity contribution >= 4 is 29.2 Å². The molecule has 2 aliphatic heterocycles. The predicted octanol–water partition coefficient (Wildman–Crippen LogP) is 1.09. The summed E-state index contributed by atoms with van der Waals surface area (Å²) < 4.78 is 0. The topological polar surface area (TPSA) is 147 Å². The van der Waals surface area contributed by atoms with Crippen molar-refractivity contribution in [2.24, 2.45) is 21.5 Å². The molecular weight excluding hydrogens is 400 g/mol. The first kappa shape index (κ1) is 21.0. The van der Waals surface area contributed by atoms with Gasteiger partial charge >= 0.3 is 0 Å². The van der Waals surface area contributed by atoms with Crippen molar-refractivity contribution in [3.63, 3.8) is 0 Å². The summed E-state index contributed by atoms with van der Waals surface area (Å²) >= 11 is 0. The first-order valence-electron chi connectivity index (χ1n) is 10.6. The molecule has 0 atom stereocenters. The molecule has 11 nitrogen and oxygen atoms in total. The van der Waals surface area contributed by atoms with E-state index in [0.717, 1.165) is 32.4 Å². The van der Waals surface area contributed by atoms with Crippen LogP contribution in [0.1, 0.15) is 42.5 Å². The minimum Gasteiger partial charge on any atom is -0.369 e. The smallest absolute Gasteiger partial charge is 0.293 e. The minimum absolute atomic E-state index is 0.0793. The van der Waals surface area contributed by atoms with Crippen LogP contribution in [0.25, 0.3) is 0 Å². The van der Waals surface area contributed by atoms with Crippen LogP contribution in [0.2, 0.25) is 0 Å². The van der Waals surface area contributed by atoms with E-state index in [1.807, 2.05) is 7.05 Å². The fraction of sp³-hybridized carbons (Fsp3) is 0.550. The normalized spacial score (nSPS) is 21.6. The summed E-state index contributed by atoms with van der Waals surface area (Å²) in [5.74, 6) is -0.0477. The molecule has 0 aromatic heterocycles. The summed E-state index contributed by atoms with van der Waals surface area (Å²) in [6.07, 6.45) is 4.22. The monoisotopic (exact) mass is 428 g/mol. The molecule has 4 rings (SSSR count). The number of carbonyl (C=O) groups excluding carboxylic acids is 1. The molecule has 166 valence electrons. The van der Waals surface area contributed by atoms with Gasteiger partial charge < -0.3 is 21.3 Å². The van der Waals surface area contributed by atoms with Crippen molar-refractivity contribution in [2.45, 2.75) is 37.8 Å². The van der Waals surface area contributed by atoms with E-state index in [1.54, 1.807) is 21.9 Å². The number of amides is 1. The third-order valence-electron chi connectivity index (χ3n) is 6.30. The Morgan fingerprint density at radius 2 is 1.81 bits per heavy atom. The Morgan fingerprint density at radius 1 is 1.13 bits per heavy atom. The van der Waals surface area contributed by atoms with Crippen LogP contribution in [0.3, 0.4) is 0 Å². The fourth-order valence-corrected chi connectivity index (χ4v) is 4.65. The Morgan fingerprint density at radius 3 is 2.45 bits per heavy atom. The lowest BCUT2D eigenvalue weighted by Gasteiger charge is -2.45. The molecule has 2 heterocycles. The van der Waals surface area contributed by atoms with Crippen molar-refractivity contribution in [3.05, 3.63) is 33.9 Å². The molecule has 1 aromatic rings. The molecule has 31 heavy (non-hydrogen) atoms. The molecule has 1 saturated carbocycles. The number of nitro benzene ring substituents is 1. The summed E-state index contributed by atoms with van der Waals surface area (Å²) in [4.78, 5) is 38.6. The van der Waals surface area contributed by atoms with E-state index in [2.05, 4.69) is 14.9 Å². The standard InChI is InChI=1S/C20H28N8O3/c1-25-9-11-26(12-10-25)17(29)14-5-6-15(16(13-14)28(30)31)27-19(22)23-18(21)24-20(27)7-3-2-4-8-20/h5-6,13H,2-4,7-12H2,1H3,(H4,21,22,23,24). The highest BCUT2D eigenvalue weighted by Crippen LogP contribution is 2.42. The number of rotatable bonds is 3. The van der Waals surface area contributed by atoms with Gasteiger partial charge in [-0.3, -0.25) is 19.8 Å². The van der Waals surface area contributed by atoms with Gasteiger partial charge in [-0.05, 0) is 44.9 Å². The lowest BCUT2D eigenvalue weighted by Crippen LogP contribution is -2.58. The second-order valence-corrected chi connectivity index (χ2v) is 8.37. The molecule has 1 aliphatic carbocycles. The maximum Gasteiger partial charge on any atom is 0.293 e. The largest absolute Gasteiger partial charge is 0.369 e. The van der Waals surface area contributed by atoms with Gasteiger partial charge in [0.1, 0.15) is 11.4 Å². The number of nitro groups is 1. The van der Waals surface area contributed by atoms with Crippen LogP contribution in [-0.4, -0.2) is 71.4 Å². The van der Waals surface area contributed by atoms with Gasteiger partial charge in [-0.1, -0.05) is 6.42 Å². The van der Waals surface area contributed by atoms with Gasteiger partial charge in [-0.2, -0.15) is 4.99 Å². The molecule has 0 radical (unpaired) electrons. The number of carbonyl (C=O) groups is 1. The summed E-state index contributed by atoms with van der Waals surface area (Å²) in [6.45, 7) is 2.73. The second-order valence-electron chi connectivity index (χ2n) is 8.37. The van der Waals surface area contributed by atoms with Crippen LogP contribution in [0, 0.1) is 10.1 Å². The Hall–Kier alpha value is -3.21. The highest BCUT2D eigenvalue weighted by Gasteiger charge is 2.45. The summed E-state index contributed by atoms with van der Waals surface area (Å²) in [5, 5.41) is 12.0. The Kier molecular flexibility index (Phi) is 5.52. The number of nitrogens with two attached hydrogens (primary N) is 2. The summed E-state index contributed by atoms with van der Waals surface area (Å²) in [7, 11) is 2.00. The predicted molar refractivity (Wildman–Crippen MR) is 118 cm³/mol. The van der Waals surface area contributed by atoms with E-state index in [-0.39, 0.29) is 34.8 Å². The molecule has 1 amide bonds. The molecule has 0 unspecified atom stereocenters. The number of aliphatic imine (C=N–C) groups is 2. The molecule has 1 aromatic carbocycles. The molecule has 11 heteroatoms. The molecule has 1 saturated heterocycles. The number of hydrogen-bond donors (Lipinski definition) is 2. The van der Waals surface area contributed by atoms with E-state index in [0.29, 0.717) is 25.9 Å². The average Bonchev–Trinajstić information content (AvgIpc) is 2.74. The van der Waals surface area contributed by atoms with Crippen LogP contribution in [-0.2, 0) is 0 Å². The van der Waals surface area contributed by atoms with E-state index >= 15 is 0 Å². The maximum absolute atomic E-state index is 13.0. The van der Waals surface area contributed by atoms with Crippen LogP contribution in [0.15, 0.2) is 28.2 Å². The van der Waals surface area contributed by atoms with Crippen molar-refractivity contribution in [2.75, 3.05) is 38.1 Å². The Balaban J connectivity index is 1.72. The van der Waals surface area contributed by atoms with Gasteiger partial charge in [0.15, 0.2) is 0 Å². The van der Waals surface area contributed by atoms with Crippen molar-refractivity contribution in [3.8, 4) is 0 Å². The highest BCUT2D eigenvalue weighted by molar-refractivity contribution is 6.07. The van der Waals surface area contributed by atoms with Gasteiger partial charge in [-0.15, -0.1) is 0 Å². The number of likely N-dealkylation sites (N-methyl/N-ethyl adjacent to an activating group) is 1. The third-order valence-corrected chi connectivity index (χ3v) is 6.30. The van der Waals surface area contributed by atoms with Crippen molar-refractivity contribution in [1.82, 2.24) is 9.80 Å². The molecule has 1 spiro atoms. The van der Waals surface area contributed by atoms with Gasteiger partial charge in [-0.25, -0.2) is 4.99 Å². The molecular formula is C20H28N8O3. The average molecular weight is 428 g/mol. The summed E-state index contributed by atoms with van der Waals surface area (Å²) in [6, 6.07) is 4.53. The fourth-order valence-electron chi connectivity index (χ4n) is 4.65. The van der Waals surface area contributed by atoms with E-state index < -0.39 is 10.6 Å². The van der Waals surface area contributed by atoms with Crippen LogP contribution in [0.4, 0.5) is 11.4 Å². The van der Waals surface area contributed by atoms with Crippen molar-refractivity contribution in [1.29, 1.82) is 0 Å².